The molecule has 1 aliphatic rings. The number of hydrogen-bond donors (Lipinski definition) is 2. The number of para-hydroxylation sites is 2. The van der Waals surface area contributed by atoms with Crippen molar-refractivity contribution in [2.45, 2.75) is 23.7 Å². The number of benzene rings is 1. The lowest BCUT2D eigenvalue weighted by molar-refractivity contribution is -0.117. The Morgan fingerprint density at radius 1 is 1.44 bits per heavy atom. The zero-order chi connectivity index (χ0) is 19.2. The van der Waals surface area contributed by atoms with Crippen LogP contribution in [0.4, 0.5) is 16.5 Å². The number of nitrogens with zero attached hydrogens (tertiary/aromatic N) is 3. The number of amides is 2. The Morgan fingerprint density at radius 2 is 2.26 bits per heavy atom. The number of methoxy groups -OCH3 is 1. The van der Waals surface area contributed by atoms with Crippen molar-refractivity contribution in [3.8, 4) is 0 Å². The first-order valence-corrected chi connectivity index (χ1v) is 10.3. The Labute approximate surface area is 165 Å². The largest absolute Gasteiger partial charge is 0.383 e. The monoisotopic (exact) mass is 407 g/mol. The summed E-state index contributed by atoms with van der Waals surface area (Å²) >= 11 is 2.74. The van der Waals surface area contributed by atoms with E-state index >= 15 is 0 Å². The number of carbonyl (C=O) groups is 2. The summed E-state index contributed by atoms with van der Waals surface area (Å²) in [6.07, 6.45) is 0.261. The fraction of sp³-hybridized carbons (Fsp3) is 0.412. The molecule has 1 aromatic carbocycles. The van der Waals surface area contributed by atoms with Crippen LogP contribution in [-0.2, 0) is 14.3 Å². The van der Waals surface area contributed by atoms with Gasteiger partial charge in [-0.2, -0.15) is 0 Å². The molecular weight excluding hydrogens is 386 g/mol. The van der Waals surface area contributed by atoms with Crippen molar-refractivity contribution in [1.82, 2.24) is 10.2 Å². The number of hydrogen-bond acceptors (Lipinski definition) is 8. The lowest BCUT2D eigenvalue weighted by atomic mass is 10.2. The molecule has 8 nitrogen and oxygen atoms in total. The molecule has 0 fully saturated rings. The highest BCUT2D eigenvalue weighted by Crippen LogP contribution is 2.33. The molecule has 2 heterocycles. The summed E-state index contributed by atoms with van der Waals surface area (Å²) in [5.41, 5.74) is 1.38. The third-order valence-corrected chi connectivity index (χ3v) is 5.93. The lowest BCUT2D eigenvalue weighted by Gasteiger charge is -2.27. The molecule has 2 N–H and O–H groups in total. The molecule has 0 aliphatic carbocycles. The average Bonchev–Trinajstić information content (AvgIpc) is 3.04. The predicted molar refractivity (Wildman–Crippen MR) is 108 cm³/mol. The highest BCUT2D eigenvalue weighted by molar-refractivity contribution is 8.01. The molecule has 0 spiro atoms. The number of rotatable bonds is 7. The summed E-state index contributed by atoms with van der Waals surface area (Å²) in [4.78, 5) is 26.6. The van der Waals surface area contributed by atoms with Crippen molar-refractivity contribution in [2.24, 2.45) is 0 Å². The number of fused-ring (bicyclic) bond motifs is 1. The topological polar surface area (TPSA) is 96.4 Å². The fourth-order valence-electron chi connectivity index (χ4n) is 2.76. The van der Waals surface area contributed by atoms with E-state index in [0.29, 0.717) is 28.3 Å². The minimum Gasteiger partial charge on any atom is -0.383 e. The van der Waals surface area contributed by atoms with E-state index in [-0.39, 0.29) is 30.0 Å². The van der Waals surface area contributed by atoms with Gasteiger partial charge in [-0.3, -0.25) is 9.59 Å². The smallest absolute Gasteiger partial charge is 0.237 e. The summed E-state index contributed by atoms with van der Waals surface area (Å²) in [7, 11) is 1.64. The average molecular weight is 408 g/mol. The van der Waals surface area contributed by atoms with Gasteiger partial charge in [0.1, 0.15) is 0 Å². The lowest BCUT2D eigenvalue weighted by Crippen LogP contribution is -2.40. The zero-order valence-corrected chi connectivity index (χ0v) is 16.7. The van der Waals surface area contributed by atoms with Gasteiger partial charge < -0.3 is 20.3 Å². The molecule has 0 saturated carbocycles. The number of aromatic nitrogens is 2. The fourth-order valence-corrected chi connectivity index (χ4v) is 4.40. The van der Waals surface area contributed by atoms with Gasteiger partial charge in [0, 0.05) is 26.1 Å². The Kier molecular flexibility index (Phi) is 6.64. The van der Waals surface area contributed by atoms with Crippen LogP contribution in [0.1, 0.15) is 13.3 Å². The summed E-state index contributed by atoms with van der Waals surface area (Å²) in [5.74, 6) is 0.0638. The predicted octanol–water partition coefficient (Wildman–Crippen LogP) is 2.45. The van der Waals surface area contributed by atoms with Crippen molar-refractivity contribution in [1.29, 1.82) is 0 Å². The minimum absolute atomic E-state index is 0.0689. The number of carbonyl (C=O) groups excluding carboxylic acids is 2. The van der Waals surface area contributed by atoms with Gasteiger partial charge in [-0.1, -0.05) is 35.2 Å². The molecule has 0 bridgehead atoms. The van der Waals surface area contributed by atoms with Gasteiger partial charge in [-0.25, -0.2) is 0 Å². The van der Waals surface area contributed by atoms with E-state index in [0.717, 1.165) is 5.69 Å². The third-order valence-electron chi connectivity index (χ3n) is 3.94. The van der Waals surface area contributed by atoms with Crippen LogP contribution < -0.4 is 15.5 Å². The maximum absolute atomic E-state index is 12.9. The van der Waals surface area contributed by atoms with Crippen LogP contribution >= 0.6 is 23.1 Å². The first kappa shape index (κ1) is 19.6. The standard InChI is InChI=1S/C17H21N5O3S2/c1-11-9-14(23)19-12-5-3-4-6-13(12)22(11)15(24)10-26-17-21-20-16(27-17)18-7-8-25-2/h3-6,11H,7-10H2,1-2H3,(H,18,20)(H,19,23)/t11-/m0/s1. The van der Waals surface area contributed by atoms with Crippen molar-refractivity contribution >= 4 is 51.4 Å². The van der Waals surface area contributed by atoms with Crippen LogP contribution in [0.15, 0.2) is 28.6 Å². The van der Waals surface area contributed by atoms with Crippen molar-refractivity contribution in [3.05, 3.63) is 24.3 Å². The number of anilines is 3. The Balaban J connectivity index is 1.66. The molecule has 2 amide bonds. The highest BCUT2D eigenvalue weighted by Gasteiger charge is 2.29. The molecule has 2 aromatic rings. The molecule has 1 aliphatic heterocycles. The van der Waals surface area contributed by atoms with Gasteiger partial charge in [-0.15, -0.1) is 10.2 Å². The van der Waals surface area contributed by atoms with E-state index in [2.05, 4.69) is 20.8 Å². The van der Waals surface area contributed by atoms with E-state index < -0.39 is 0 Å². The van der Waals surface area contributed by atoms with Crippen LogP contribution in [0.3, 0.4) is 0 Å². The first-order valence-electron chi connectivity index (χ1n) is 8.48. The molecular formula is C17H21N5O3S2. The second-order valence-electron chi connectivity index (χ2n) is 5.96. The van der Waals surface area contributed by atoms with Gasteiger partial charge in [-0.05, 0) is 19.1 Å². The Hall–Kier alpha value is -2.17. The van der Waals surface area contributed by atoms with Crippen LogP contribution in [0.2, 0.25) is 0 Å². The Bertz CT molecular complexity index is 813. The number of ether oxygens (including phenoxy) is 1. The molecule has 10 heteroatoms. The quantitative estimate of drug-likeness (QED) is 0.537. The second-order valence-corrected chi connectivity index (χ2v) is 8.16. The van der Waals surface area contributed by atoms with Gasteiger partial charge in [0.2, 0.25) is 16.9 Å². The van der Waals surface area contributed by atoms with E-state index in [4.69, 9.17) is 4.74 Å². The normalized spacial score (nSPS) is 16.4. The molecule has 1 aromatic heterocycles. The number of nitrogens with one attached hydrogen (secondary N) is 2. The van der Waals surface area contributed by atoms with Crippen molar-refractivity contribution in [3.63, 3.8) is 0 Å². The van der Waals surface area contributed by atoms with E-state index in [9.17, 15) is 9.59 Å². The van der Waals surface area contributed by atoms with Crippen LogP contribution in [0.5, 0.6) is 0 Å². The van der Waals surface area contributed by atoms with Crippen molar-refractivity contribution in [2.75, 3.05) is 41.5 Å². The van der Waals surface area contributed by atoms with Gasteiger partial charge in [0.15, 0.2) is 4.34 Å². The summed E-state index contributed by atoms with van der Waals surface area (Å²) in [5, 5.41) is 14.8. The zero-order valence-electron chi connectivity index (χ0n) is 15.1. The minimum atomic E-state index is -0.220. The van der Waals surface area contributed by atoms with Crippen LogP contribution in [0.25, 0.3) is 0 Å². The maximum Gasteiger partial charge on any atom is 0.237 e. The molecule has 0 saturated heterocycles. The molecule has 27 heavy (non-hydrogen) atoms. The summed E-state index contributed by atoms with van der Waals surface area (Å²) in [6.45, 7) is 3.12. The summed E-state index contributed by atoms with van der Waals surface area (Å²) in [6, 6.07) is 7.14. The van der Waals surface area contributed by atoms with E-state index in [1.54, 1.807) is 18.1 Å². The second kappa shape index (κ2) is 9.16. The van der Waals surface area contributed by atoms with Gasteiger partial charge >= 0.3 is 0 Å². The Morgan fingerprint density at radius 3 is 3.07 bits per heavy atom. The SMILES string of the molecule is COCCNc1nnc(SCC(=O)N2c3ccccc3NC(=O)C[C@@H]2C)s1. The molecule has 0 radical (unpaired) electrons. The van der Waals surface area contributed by atoms with Crippen LogP contribution in [0, 0.1) is 0 Å². The maximum atomic E-state index is 12.9. The molecule has 144 valence electrons. The number of thioether (sulfide) groups is 1. The van der Waals surface area contributed by atoms with Crippen molar-refractivity contribution < 1.29 is 14.3 Å². The first-order chi connectivity index (χ1) is 13.1. The van der Waals surface area contributed by atoms with Gasteiger partial charge in [0.25, 0.3) is 0 Å². The molecule has 0 unspecified atom stereocenters. The van der Waals surface area contributed by atoms with Crippen LogP contribution in [-0.4, -0.2) is 54.1 Å². The third kappa shape index (κ3) is 4.96. The van der Waals surface area contributed by atoms with E-state index in [1.807, 2.05) is 25.1 Å². The van der Waals surface area contributed by atoms with Gasteiger partial charge in [0.05, 0.1) is 23.7 Å². The molecule has 3 rings (SSSR count). The van der Waals surface area contributed by atoms with E-state index in [1.165, 1.54) is 23.1 Å². The summed E-state index contributed by atoms with van der Waals surface area (Å²) < 4.78 is 5.70. The molecule has 1 atom stereocenters. The highest BCUT2D eigenvalue weighted by atomic mass is 32.2.